The van der Waals surface area contributed by atoms with E-state index < -0.39 is 0 Å². The van der Waals surface area contributed by atoms with Crippen molar-refractivity contribution in [2.75, 3.05) is 55.8 Å². The summed E-state index contributed by atoms with van der Waals surface area (Å²) in [7, 11) is 0. The molecule has 1 saturated heterocycles. The third-order valence-corrected chi connectivity index (χ3v) is 5.66. The van der Waals surface area contributed by atoms with Gasteiger partial charge in [-0.25, -0.2) is 9.97 Å². The van der Waals surface area contributed by atoms with Gasteiger partial charge in [-0.3, -0.25) is 10.1 Å². The number of nitro benzene ring substituents is 1. The summed E-state index contributed by atoms with van der Waals surface area (Å²) in [5, 5.41) is 11.7. The first kappa shape index (κ1) is 23.3. The van der Waals surface area contributed by atoms with Gasteiger partial charge in [-0.15, -0.1) is 0 Å². The van der Waals surface area contributed by atoms with Gasteiger partial charge in [0.15, 0.2) is 11.5 Å². The zero-order valence-corrected chi connectivity index (χ0v) is 19.7. The Bertz CT molecular complexity index is 1150. The molecule has 4 rings (SSSR count). The van der Waals surface area contributed by atoms with Gasteiger partial charge in [-0.2, -0.15) is 0 Å². The smallest absolute Gasteiger partial charge is 0.269 e. The minimum atomic E-state index is -0.384. The molecule has 1 aliphatic heterocycles. The molecule has 180 valence electrons. The van der Waals surface area contributed by atoms with Crippen LogP contribution in [0.2, 0.25) is 0 Å². The van der Waals surface area contributed by atoms with Crippen LogP contribution in [0.1, 0.15) is 20.8 Å². The highest BCUT2D eigenvalue weighted by Gasteiger charge is 2.26. The third kappa shape index (κ3) is 4.61. The molecule has 0 spiro atoms. The highest BCUT2D eigenvalue weighted by atomic mass is 16.6. The average Bonchev–Trinajstić information content (AvgIpc) is 2.86. The molecule has 3 aromatic rings. The first-order valence-corrected chi connectivity index (χ1v) is 11.5. The zero-order valence-electron chi connectivity index (χ0n) is 19.7. The number of anilines is 2. The molecule has 0 unspecified atom stereocenters. The van der Waals surface area contributed by atoms with Crippen molar-refractivity contribution in [2.45, 2.75) is 20.8 Å². The number of piperazine rings is 1. The molecule has 10 nitrogen and oxygen atoms in total. The van der Waals surface area contributed by atoms with Crippen LogP contribution in [0.4, 0.5) is 17.2 Å². The molecule has 1 fully saturated rings. The molecule has 34 heavy (non-hydrogen) atoms. The first-order valence-electron chi connectivity index (χ1n) is 11.5. The fourth-order valence-electron chi connectivity index (χ4n) is 4.16. The highest BCUT2D eigenvalue weighted by Crippen LogP contribution is 2.46. The number of ether oxygens (including phenoxy) is 3. The number of hydrogen-bond acceptors (Lipinski definition) is 9. The van der Waals surface area contributed by atoms with Crippen LogP contribution in [0.3, 0.4) is 0 Å². The maximum absolute atomic E-state index is 10.9. The molecule has 0 radical (unpaired) electrons. The van der Waals surface area contributed by atoms with Gasteiger partial charge < -0.3 is 24.0 Å². The lowest BCUT2D eigenvalue weighted by molar-refractivity contribution is -0.384. The van der Waals surface area contributed by atoms with Crippen LogP contribution in [0.15, 0.2) is 36.7 Å². The molecular weight excluding hydrogens is 438 g/mol. The summed E-state index contributed by atoms with van der Waals surface area (Å²) >= 11 is 0. The van der Waals surface area contributed by atoms with Crippen molar-refractivity contribution < 1.29 is 19.1 Å². The number of hydrogen-bond donors (Lipinski definition) is 0. The molecule has 10 heteroatoms. The Hall–Kier alpha value is -3.82. The second-order valence-corrected chi connectivity index (χ2v) is 7.67. The molecule has 2 aromatic carbocycles. The lowest BCUT2D eigenvalue weighted by Crippen LogP contribution is -2.47. The van der Waals surface area contributed by atoms with Gasteiger partial charge in [-0.05, 0) is 32.9 Å². The number of fused-ring (bicyclic) bond motifs is 1. The Labute approximate surface area is 198 Å². The van der Waals surface area contributed by atoms with Crippen LogP contribution < -0.4 is 24.0 Å². The van der Waals surface area contributed by atoms with E-state index in [2.05, 4.69) is 19.8 Å². The van der Waals surface area contributed by atoms with Crippen molar-refractivity contribution >= 4 is 28.1 Å². The lowest BCUT2D eigenvalue weighted by atomic mass is 10.1. The number of benzene rings is 2. The molecule has 0 saturated carbocycles. The number of nitro groups is 1. The molecule has 1 aliphatic rings. The standard InChI is InChI=1S/C24H29N5O5/c1-4-32-20-15-19-21(23(34-6-3)22(20)33-5-2)24(26-16-25-19)28-13-11-27(12-14-28)17-7-9-18(10-8-17)29(30)31/h7-10,15-16H,4-6,11-14H2,1-3H3. The van der Waals surface area contributed by atoms with E-state index in [1.165, 1.54) is 0 Å². The Morgan fingerprint density at radius 3 is 2.12 bits per heavy atom. The summed E-state index contributed by atoms with van der Waals surface area (Å²) < 4.78 is 17.8. The van der Waals surface area contributed by atoms with Gasteiger partial charge in [0, 0.05) is 50.1 Å². The second-order valence-electron chi connectivity index (χ2n) is 7.67. The summed E-state index contributed by atoms with van der Waals surface area (Å²) in [6.45, 7) is 10.2. The van der Waals surface area contributed by atoms with Crippen molar-refractivity contribution in [3.05, 3.63) is 46.8 Å². The molecule has 0 bridgehead atoms. The number of non-ortho nitro benzene ring substituents is 1. The van der Waals surface area contributed by atoms with E-state index in [1.807, 2.05) is 26.8 Å². The molecular formula is C24H29N5O5. The zero-order chi connectivity index (χ0) is 24.1. The number of nitrogens with zero attached hydrogens (tertiary/aromatic N) is 5. The van der Waals surface area contributed by atoms with Crippen molar-refractivity contribution in [3.8, 4) is 17.2 Å². The van der Waals surface area contributed by atoms with E-state index in [1.54, 1.807) is 30.6 Å². The Morgan fingerprint density at radius 2 is 1.50 bits per heavy atom. The molecule has 0 amide bonds. The van der Waals surface area contributed by atoms with Crippen LogP contribution in [-0.4, -0.2) is 60.9 Å². The van der Waals surface area contributed by atoms with E-state index in [4.69, 9.17) is 14.2 Å². The fraction of sp³-hybridized carbons (Fsp3) is 0.417. The normalized spacial score (nSPS) is 13.7. The third-order valence-electron chi connectivity index (χ3n) is 5.66. The minimum Gasteiger partial charge on any atom is -0.490 e. The predicted molar refractivity (Wildman–Crippen MR) is 131 cm³/mol. The maximum Gasteiger partial charge on any atom is 0.269 e. The number of rotatable bonds is 9. The van der Waals surface area contributed by atoms with Crippen LogP contribution in [0.5, 0.6) is 17.2 Å². The maximum atomic E-state index is 10.9. The van der Waals surface area contributed by atoms with Crippen LogP contribution in [0.25, 0.3) is 10.9 Å². The van der Waals surface area contributed by atoms with Crippen LogP contribution >= 0.6 is 0 Å². The monoisotopic (exact) mass is 467 g/mol. The van der Waals surface area contributed by atoms with Crippen LogP contribution in [0, 0.1) is 10.1 Å². The van der Waals surface area contributed by atoms with Crippen molar-refractivity contribution in [1.82, 2.24) is 9.97 Å². The van der Waals surface area contributed by atoms with E-state index in [9.17, 15) is 10.1 Å². The first-order chi connectivity index (χ1) is 16.6. The van der Waals surface area contributed by atoms with Gasteiger partial charge in [-0.1, -0.05) is 0 Å². The Balaban J connectivity index is 1.65. The minimum absolute atomic E-state index is 0.0924. The van der Waals surface area contributed by atoms with Gasteiger partial charge in [0.25, 0.3) is 5.69 Å². The van der Waals surface area contributed by atoms with Crippen molar-refractivity contribution in [1.29, 1.82) is 0 Å². The SMILES string of the molecule is CCOc1cc2ncnc(N3CCN(c4ccc([N+](=O)[O-])cc4)CC3)c2c(OCC)c1OCC. The van der Waals surface area contributed by atoms with Gasteiger partial charge in [0.1, 0.15) is 12.1 Å². The quantitative estimate of drug-likeness (QED) is 0.340. The largest absolute Gasteiger partial charge is 0.490 e. The molecule has 0 atom stereocenters. The summed E-state index contributed by atoms with van der Waals surface area (Å²) in [6, 6.07) is 8.55. The summed E-state index contributed by atoms with van der Waals surface area (Å²) in [5.74, 6) is 2.56. The molecule has 0 aliphatic carbocycles. The summed E-state index contributed by atoms with van der Waals surface area (Å²) in [5.41, 5.74) is 1.79. The lowest BCUT2D eigenvalue weighted by Gasteiger charge is -2.37. The van der Waals surface area contributed by atoms with E-state index >= 15 is 0 Å². The topological polar surface area (TPSA) is 103 Å². The van der Waals surface area contributed by atoms with Gasteiger partial charge >= 0.3 is 0 Å². The summed E-state index contributed by atoms with van der Waals surface area (Å²) in [4.78, 5) is 24.1. The van der Waals surface area contributed by atoms with Gasteiger partial charge in [0.2, 0.25) is 5.75 Å². The van der Waals surface area contributed by atoms with Gasteiger partial charge in [0.05, 0.1) is 35.6 Å². The Kier molecular flexibility index (Phi) is 7.15. The van der Waals surface area contributed by atoms with E-state index in [0.29, 0.717) is 37.1 Å². The molecule has 0 N–H and O–H groups in total. The molecule has 1 aromatic heterocycles. The highest BCUT2D eigenvalue weighted by molar-refractivity contribution is 5.98. The average molecular weight is 468 g/mol. The number of aromatic nitrogens is 2. The second kappa shape index (κ2) is 10.4. The van der Waals surface area contributed by atoms with Crippen LogP contribution in [-0.2, 0) is 0 Å². The predicted octanol–water partition coefficient (Wildman–Crippen LogP) is 4.06. The molecule has 2 heterocycles. The fourth-order valence-corrected chi connectivity index (χ4v) is 4.16. The Morgan fingerprint density at radius 1 is 0.882 bits per heavy atom. The van der Waals surface area contributed by atoms with Crippen molar-refractivity contribution in [2.24, 2.45) is 0 Å². The summed E-state index contributed by atoms with van der Waals surface area (Å²) in [6.07, 6.45) is 1.56. The van der Waals surface area contributed by atoms with E-state index in [0.717, 1.165) is 48.6 Å². The van der Waals surface area contributed by atoms with Crippen molar-refractivity contribution in [3.63, 3.8) is 0 Å². The van der Waals surface area contributed by atoms with E-state index in [-0.39, 0.29) is 10.6 Å².